The van der Waals surface area contributed by atoms with Gasteiger partial charge in [-0.2, -0.15) is 5.26 Å². The Morgan fingerprint density at radius 2 is 1.75 bits per heavy atom. The zero-order valence-electron chi connectivity index (χ0n) is 17.4. The predicted octanol–water partition coefficient (Wildman–Crippen LogP) is 3.55. The summed E-state index contributed by atoms with van der Waals surface area (Å²) in [6, 6.07) is 7.06. The molecule has 0 saturated carbocycles. The summed E-state index contributed by atoms with van der Waals surface area (Å²) in [4.78, 5) is 5.11. The number of benzene rings is 1. The molecule has 1 aromatic rings. The van der Waals surface area contributed by atoms with E-state index in [1.165, 1.54) is 44.8 Å². The molecule has 2 saturated heterocycles. The van der Waals surface area contributed by atoms with Crippen LogP contribution in [0, 0.1) is 29.1 Å². The Hall–Kier alpha value is -1.58. The number of nitrogens with zero attached hydrogens (tertiary/aromatic N) is 3. The number of nitriles is 1. The van der Waals surface area contributed by atoms with Gasteiger partial charge < -0.3 is 9.80 Å². The summed E-state index contributed by atoms with van der Waals surface area (Å²) in [5.41, 5.74) is 1.32. The number of rotatable bonds is 5. The molecule has 0 unspecified atom stereocenters. The first-order chi connectivity index (χ1) is 13.3. The zero-order chi connectivity index (χ0) is 20.3. The topological polar surface area (TPSA) is 64.4 Å². The van der Waals surface area contributed by atoms with E-state index in [1.54, 1.807) is 12.1 Å². The highest BCUT2D eigenvalue weighted by atomic mass is 32.2. The minimum atomic E-state index is -3.27. The lowest BCUT2D eigenvalue weighted by atomic mass is 9.86. The molecular formula is C22H33N3O2S. The smallest absolute Gasteiger partial charge is 0.175 e. The number of anilines is 1. The Bertz CT molecular complexity index is 813. The maximum absolute atomic E-state index is 11.9. The summed E-state index contributed by atoms with van der Waals surface area (Å²) in [5.74, 6) is 2.36. The van der Waals surface area contributed by atoms with E-state index in [0.717, 1.165) is 43.5 Å². The lowest BCUT2D eigenvalue weighted by molar-refractivity contribution is 0.132. The minimum Gasteiger partial charge on any atom is -0.370 e. The molecule has 0 aliphatic carbocycles. The minimum absolute atomic E-state index is 0.289. The normalized spacial score (nSPS) is 20.5. The molecule has 2 fully saturated rings. The van der Waals surface area contributed by atoms with E-state index in [0.29, 0.717) is 11.5 Å². The third kappa shape index (κ3) is 5.07. The van der Waals surface area contributed by atoms with Crippen LogP contribution in [-0.4, -0.2) is 52.3 Å². The van der Waals surface area contributed by atoms with Crippen molar-refractivity contribution in [2.45, 2.75) is 44.4 Å². The molecule has 2 aliphatic heterocycles. The van der Waals surface area contributed by atoms with Crippen LogP contribution < -0.4 is 4.90 Å². The summed E-state index contributed by atoms with van der Waals surface area (Å²) in [6.45, 7) is 10.1. The van der Waals surface area contributed by atoms with Crippen molar-refractivity contribution in [1.82, 2.24) is 4.90 Å². The van der Waals surface area contributed by atoms with Gasteiger partial charge in [-0.05, 0) is 74.7 Å². The highest BCUT2D eigenvalue weighted by Crippen LogP contribution is 2.30. The van der Waals surface area contributed by atoms with Crippen LogP contribution in [0.4, 0.5) is 5.69 Å². The molecule has 154 valence electrons. The second kappa shape index (κ2) is 8.84. The van der Waals surface area contributed by atoms with E-state index in [-0.39, 0.29) is 4.90 Å². The fourth-order valence-electron chi connectivity index (χ4n) is 4.62. The van der Waals surface area contributed by atoms with Crippen molar-refractivity contribution in [3.05, 3.63) is 23.8 Å². The molecule has 0 amide bonds. The van der Waals surface area contributed by atoms with Crippen LogP contribution in [0.15, 0.2) is 23.1 Å². The summed E-state index contributed by atoms with van der Waals surface area (Å²) in [7, 11) is -3.27. The maximum Gasteiger partial charge on any atom is 0.175 e. The fourth-order valence-corrected chi connectivity index (χ4v) is 5.26. The van der Waals surface area contributed by atoms with E-state index in [1.807, 2.05) is 0 Å². The van der Waals surface area contributed by atoms with Crippen LogP contribution >= 0.6 is 0 Å². The molecule has 3 rings (SSSR count). The van der Waals surface area contributed by atoms with E-state index in [4.69, 9.17) is 0 Å². The molecule has 1 aromatic carbocycles. The van der Waals surface area contributed by atoms with Crippen LogP contribution in [0.1, 0.15) is 45.1 Å². The Morgan fingerprint density at radius 3 is 2.29 bits per heavy atom. The molecule has 0 spiro atoms. The molecule has 5 nitrogen and oxygen atoms in total. The maximum atomic E-state index is 11.9. The van der Waals surface area contributed by atoms with Gasteiger partial charge in [-0.25, -0.2) is 8.42 Å². The van der Waals surface area contributed by atoms with Crippen LogP contribution in [0.2, 0.25) is 0 Å². The van der Waals surface area contributed by atoms with Crippen molar-refractivity contribution >= 4 is 15.5 Å². The molecule has 28 heavy (non-hydrogen) atoms. The number of likely N-dealkylation sites (tertiary alicyclic amines) is 1. The van der Waals surface area contributed by atoms with Crippen molar-refractivity contribution in [3.8, 4) is 6.07 Å². The third-order valence-electron chi connectivity index (χ3n) is 6.56. The van der Waals surface area contributed by atoms with Crippen LogP contribution in [0.3, 0.4) is 0 Å². The van der Waals surface area contributed by atoms with Gasteiger partial charge in [0.25, 0.3) is 0 Å². The molecule has 2 heterocycles. The van der Waals surface area contributed by atoms with Crippen LogP contribution in [0.5, 0.6) is 0 Å². The monoisotopic (exact) mass is 403 g/mol. The van der Waals surface area contributed by atoms with Crippen molar-refractivity contribution in [2.75, 3.05) is 43.9 Å². The van der Waals surface area contributed by atoms with Crippen molar-refractivity contribution in [1.29, 1.82) is 5.26 Å². The highest BCUT2D eigenvalue weighted by Gasteiger charge is 2.26. The Morgan fingerprint density at radius 1 is 1.11 bits per heavy atom. The first-order valence-corrected chi connectivity index (χ1v) is 12.4. The van der Waals surface area contributed by atoms with Gasteiger partial charge in [-0.3, -0.25) is 0 Å². The second-order valence-electron chi connectivity index (χ2n) is 8.88. The summed E-state index contributed by atoms with van der Waals surface area (Å²) >= 11 is 0. The Labute approximate surface area is 170 Å². The van der Waals surface area contributed by atoms with E-state index in [2.05, 4.69) is 29.7 Å². The van der Waals surface area contributed by atoms with Crippen molar-refractivity contribution in [3.63, 3.8) is 0 Å². The van der Waals surface area contributed by atoms with Crippen LogP contribution in [0.25, 0.3) is 0 Å². The van der Waals surface area contributed by atoms with Gasteiger partial charge in [0.15, 0.2) is 9.84 Å². The quantitative estimate of drug-likeness (QED) is 0.752. The number of sulfone groups is 1. The molecule has 6 heteroatoms. The average molecular weight is 404 g/mol. The number of hydrogen-bond donors (Lipinski definition) is 0. The average Bonchev–Trinajstić information content (AvgIpc) is 2.68. The zero-order valence-corrected chi connectivity index (χ0v) is 18.2. The first kappa shape index (κ1) is 21.1. The SMILES string of the molecule is CC(C)C1CCN(CC2CCN(c3cc(S(C)(=O)=O)ccc3C#N)CC2)CC1. The van der Waals surface area contributed by atoms with Gasteiger partial charge in [0, 0.05) is 25.9 Å². The van der Waals surface area contributed by atoms with Crippen molar-refractivity contribution < 1.29 is 8.42 Å². The lowest BCUT2D eigenvalue weighted by Gasteiger charge is -2.39. The molecule has 0 bridgehead atoms. The molecule has 0 aromatic heterocycles. The van der Waals surface area contributed by atoms with E-state index < -0.39 is 9.84 Å². The van der Waals surface area contributed by atoms with Gasteiger partial charge in [0.05, 0.1) is 16.1 Å². The molecule has 2 aliphatic rings. The van der Waals surface area contributed by atoms with Gasteiger partial charge in [-0.1, -0.05) is 13.8 Å². The largest absolute Gasteiger partial charge is 0.370 e. The Kier molecular flexibility index (Phi) is 6.67. The second-order valence-corrected chi connectivity index (χ2v) is 10.9. The van der Waals surface area contributed by atoms with Gasteiger partial charge in [0.1, 0.15) is 6.07 Å². The first-order valence-electron chi connectivity index (χ1n) is 10.5. The number of piperidine rings is 2. The molecular weight excluding hydrogens is 370 g/mol. The predicted molar refractivity (Wildman–Crippen MR) is 113 cm³/mol. The lowest BCUT2D eigenvalue weighted by Crippen LogP contribution is -2.42. The van der Waals surface area contributed by atoms with Crippen molar-refractivity contribution in [2.24, 2.45) is 17.8 Å². The summed E-state index contributed by atoms with van der Waals surface area (Å²) < 4.78 is 23.8. The van der Waals surface area contributed by atoms with Gasteiger partial charge in [-0.15, -0.1) is 0 Å². The van der Waals surface area contributed by atoms with Gasteiger partial charge in [0.2, 0.25) is 0 Å². The fraction of sp³-hybridized carbons (Fsp3) is 0.682. The van der Waals surface area contributed by atoms with E-state index in [9.17, 15) is 13.7 Å². The summed E-state index contributed by atoms with van der Waals surface area (Å²) in [5, 5.41) is 9.44. The van der Waals surface area contributed by atoms with E-state index >= 15 is 0 Å². The third-order valence-corrected chi connectivity index (χ3v) is 7.67. The van der Waals surface area contributed by atoms with Gasteiger partial charge >= 0.3 is 0 Å². The standard InChI is InChI=1S/C22H33N3O2S/c1-17(2)19-8-10-24(11-9-19)16-18-6-12-25(13-7-18)22-14-21(28(3,26)27)5-4-20(22)15-23/h4-5,14,17-19H,6-13,16H2,1-3H3. The Balaban J connectivity index is 1.58. The summed E-state index contributed by atoms with van der Waals surface area (Å²) in [6.07, 6.45) is 6.05. The molecule has 0 N–H and O–H groups in total. The molecule has 0 radical (unpaired) electrons. The van der Waals surface area contributed by atoms with Crippen LogP contribution in [-0.2, 0) is 9.84 Å². The molecule has 0 atom stereocenters. The highest BCUT2D eigenvalue weighted by molar-refractivity contribution is 7.90. The number of hydrogen-bond acceptors (Lipinski definition) is 5.